The average molecular weight is 568 g/mol. The van der Waals surface area contributed by atoms with Crippen molar-refractivity contribution in [3.05, 3.63) is 65.7 Å². The van der Waals surface area contributed by atoms with Gasteiger partial charge in [-0.15, -0.1) is 0 Å². The predicted octanol–water partition coefficient (Wildman–Crippen LogP) is 4.67. The van der Waals surface area contributed by atoms with Crippen LogP contribution in [0.2, 0.25) is 0 Å². The van der Waals surface area contributed by atoms with Gasteiger partial charge in [-0.3, -0.25) is 14.3 Å². The predicted molar refractivity (Wildman–Crippen MR) is 161 cm³/mol. The minimum Gasteiger partial charge on any atom is -0.481 e. The highest BCUT2D eigenvalue weighted by Gasteiger charge is 2.28. The van der Waals surface area contributed by atoms with E-state index >= 15 is 0 Å². The standard InChI is InChI=1S/C29H37N5O5S/c1-17-14-24(30-4)27(26(32-6)25(17)31-5)40(38,39)34-23-15-21(20-10-8-7-9-11-20)12-13-22(23)28(35)33-16-18(2)19(3)29(36)37/h7-15,18-19,30-32,34H,16H2,1-6H3,(H,33,35)(H,36,37). The normalized spacial score (nSPS) is 12.7. The van der Waals surface area contributed by atoms with E-state index in [4.69, 9.17) is 0 Å². The molecule has 0 bridgehead atoms. The first-order chi connectivity index (χ1) is 18.9. The fourth-order valence-corrected chi connectivity index (χ4v) is 5.91. The molecule has 214 valence electrons. The quantitative estimate of drug-likeness (QED) is 0.185. The topological polar surface area (TPSA) is 149 Å². The summed E-state index contributed by atoms with van der Waals surface area (Å²) >= 11 is 0. The summed E-state index contributed by atoms with van der Waals surface area (Å²) in [7, 11) is 0.761. The van der Waals surface area contributed by atoms with E-state index in [0.29, 0.717) is 22.6 Å². The molecule has 0 spiro atoms. The van der Waals surface area contributed by atoms with Crippen LogP contribution in [0.5, 0.6) is 0 Å². The van der Waals surface area contributed by atoms with E-state index in [-0.39, 0.29) is 28.6 Å². The van der Waals surface area contributed by atoms with Crippen LogP contribution in [-0.2, 0) is 14.8 Å². The fraction of sp³-hybridized carbons (Fsp3) is 0.310. The van der Waals surface area contributed by atoms with Gasteiger partial charge in [-0.25, -0.2) is 8.42 Å². The highest BCUT2D eigenvalue weighted by Crippen LogP contribution is 2.39. The molecule has 2 unspecified atom stereocenters. The lowest BCUT2D eigenvalue weighted by atomic mass is 9.96. The van der Waals surface area contributed by atoms with Gasteiger partial charge >= 0.3 is 5.97 Å². The second-order valence-electron chi connectivity index (χ2n) is 9.62. The van der Waals surface area contributed by atoms with Crippen molar-refractivity contribution < 1.29 is 23.1 Å². The van der Waals surface area contributed by atoms with Crippen LogP contribution in [-0.4, -0.2) is 53.1 Å². The summed E-state index contributed by atoms with van der Waals surface area (Å²) in [5, 5.41) is 21.1. The minimum atomic E-state index is -4.23. The van der Waals surface area contributed by atoms with Crippen LogP contribution in [0.25, 0.3) is 11.1 Å². The number of hydrogen-bond donors (Lipinski definition) is 6. The Morgan fingerprint density at radius 1 is 0.850 bits per heavy atom. The Morgan fingerprint density at radius 3 is 2.08 bits per heavy atom. The number of hydrogen-bond acceptors (Lipinski definition) is 7. The number of carbonyl (C=O) groups is 2. The Hall–Kier alpha value is -4.25. The van der Waals surface area contributed by atoms with E-state index in [2.05, 4.69) is 26.0 Å². The van der Waals surface area contributed by atoms with Gasteiger partial charge in [-0.05, 0) is 47.7 Å². The molecule has 1 amide bonds. The smallest absolute Gasteiger partial charge is 0.306 e. The van der Waals surface area contributed by atoms with Gasteiger partial charge in [-0.2, -0.15) is 0 Å². The molecule has 6 N–H and O–H groups in total. The van der Waals surface area contributed by atoms with Gasteiger partial charge in [0.25, 0.3) is 15.9 Å². The maximum atomic E-state index is 14.0. The summed E-state index contributed by atoms with van der Waals surface area (Å²) in [4.78, 5) is 24.6. The number of nitrogens with one attached hydrogen (secondary N) is 5. The Labute approximate surface area is 235 Å². The molecular weight excluding hydrogens is 530 g/mol. The van der Waals surface area contributed by atoms with Crippen molar-refractivity contribution in [3.8, 4) is 11.1 Å². The van der Waals surface area contributed by atoms with Gasteiger partial charge in [0.1, 0.15) is 4.90 Å². The molecule has 2 atom stereocenters. The molecule has 0 aliphatic carbocycles. The van der Waals surface area contributed by atoms with Crippen molar-refractivity contribution in [3.63, 3.8) is 0 Å². The largest absolute Gasteiger partial charge is 0.481 e. The van der Waals surface area contributed by atoms with Gasteiger partial charge in [0.2, 0.25) is 0 Å². The van der Waals surface area contributed by atoms with Gasteiger partial charge < -0.3 is 26.4 Å². The number of benzene rings is 3. The highest BCUT2D eigenvalue weighted by atomic mass is 32.2. The van der Waals surface area contributed by atoms with E-state index in [0.717, 1.165) is 11.1 Å². The third kappa shape index (κ3) is 6.48. The third-order valence-electron chi connectivity index (χ3n) is 6.96. The zero-order chi connectivity index (χ0) is 29.6. The monoisotopic (exact) mass is 567 g/mol. The molecule has 0 heterocycles. The molecular formula is C29H37N5O5S. The minimum absolute atomic E-state index is 0.00664. The van der Waals surface area contributed by atoms with E-state index in [1.165, 1.54) is 0 Å². The molecule has 0 aromatic heterocycles. The van der Waals surface area contributed by atoms with E-state index < -0.39 is 27.8 Å². The number of aliphatic carboxylic acids is 1. The van der Waals surface area contributed by atoms with Crippen LogP contribution in [0, 0.1) is 18.8 Å². The Balaban J connectivity index is 2.11. The molecule has 3 rings (SSSR count). The summed E-state index contributed by atoms with van der Waals surface area (Å²) < 4.78 is 30.6. The first kappa shape index (κ1) is 30.3. The number of rotatable bonds is 12. The van der Waals surface area contributed by atoms with Crippen LogP contribution in [0.15, 0.2) is 59.5 Å². The van der Waals surface area contributed by atoms with Crippen molar-refractivity contribution in [1.82, 2.24) is 5.32 Å². The zero-order valence-corrected chi connectivity index (χ0v) is 24.4. The van der Waals surface area contributed by atoms with E-state index in [1.807, 2.05) is 37.3 Å². The number of sulfonamides is 1. The average Bonchev–Trinajstić information content (AvgIpc) is 2.94. The first-order valence-electron chi connectivity index (χ1n) is 12.9. The fourth-order valence-electron chi connectivity index (χ4n) is 4.43. The van der Waals surface area contributed by atoms with Crippen LogP contribution in [0.1, 0.15) is 29.8 Å². The lowest BCUT2D eigenvalue weighted by Gasteiger charge is -2.22. The maximum Gasteiger partial charge on any atom is 0.306 e. The van der Waals surface area contributed by atoms with Crippen LogP contribution in [0.3, 0.4) is 0 Å². The number of amides is 1. The molecule has 0 fully saturated rings. The van der Waals surface area contributed by atoms with Crippen LogP contribution < -0.4 is 26.0 Å². The Bertz CT molecular complexity index is 1490. The van der Waals surface area contributed by atoms with Gasteiger partial charge in [-0.1, -0.05) is 50.2 Å². The molecule has 0 saturated heterocycles. The lowest BCUT2D eigenvalue weighted by molar-refractivity contribution is -0.142. The molecule has 0 saturated carbocycles. The summed E-state index contributed by atoms with van der Waals surface area (Å²) in [5.41, 5.74) is 3.98. The molecule has 3 aromatic carbocycles. The molecule has 0 radical (unpaired) electrons. The second-order valence-corrected chi connectivity index (χ2v) is 11.2. The molecule has 40 heavy (non-hydrogen) atoms. The number of aryl methyl sites for hydroxylation is 1. The van der Waals surface area contributed by atoms with Crippen LogP contribution in [0.4, 0.5) is 22.7 Å². The van der Waals surface area contributed by atoms with Crippen molar-refractivity contribution in [2.24, 2.45) is 11.8 Å². The number of carboxylic acids is 1. The van der Waals surface area contributed by atoms with E-state index in [1.54, 1.807) is 59.3 Å². The Morgan fingerprint density at radius 2 is 1.50 bits per heavy atom. The van der Waals surface area contributed by atoms with Crippen molar-refractivity contribution in [2.75, 3.05) is 48.4 Å². The highest BCUT2D eigenvalue weighted by molar-refractivity contribution is 7.93. The van der Waals surface area contributed by atoms with E-state index in [9.17, 15) is 23.1 Å². The molecule has 0 aliphatic heterocycles. The maximum absolute atomic E-state index is 14.0. The summed E-state index contributed by atoms with van der Waals surface area (Å²) in [6, 6.07) is 16.1. The van der Waals surface area contributed by atoms with Crippen molar-refractivity contribution in [2.45, 2.75) is 25.7 Å². The van der Waals surface area contributed by atoms with Crippen molar-refractivity contribution in [1.29, 1.82) is 0 Å². The van der Waals surface area contributed by atoms with Crippen molar-refractivity contribution >= 4 is 44.6 Å². The first-order valence-corrected chi connectivity index (χ1v) is 14.4. The van der Waals surface area contributed by atoms with Gasteiger partial charge in [0.15, 0.2) is 0 Å². The van der Waals surface area contributed by atoms with Gasteiger partial charge in [0.05, 0.1) is 34.2 Å². The van der Waals surface area contributed by atoms with Crippen LogP contribution >= 0.6 is 0 Å². The number of anilines is 4. The summed E-state index contributed by atoms with van der Waals surface area (Å²) in [5.74, 6) is -2.48. The molecule has 11 heteroatoms. The molecule has 0 aliphatic rings. The summed E-state index contributed by atoms with van der Waals surface area (Å²) in [6.07, 6.45) is 0. The molecule has 10 nitrogen and oxygen atoms in total. The zero-order valence-electron chi connectivity index (χ0n) is 23.5. The Kier molecular flexibility index (Phi) is 9.65. The second kappa shape index (κ2) is 12.7. The van der Waals surface area contributed by atoms with Gasteiger partial charge in [0, 0.05) is 27.7 Å². The SMILES string of the molecule is CNc1cc(C)c(NC)c(NC)c1S(=O)(=O)Nc1cc(-c2ccccc2)ccc1C(=O)NCC(C)C(C)C(=O)O. The third-order valence-corrected chi connectivity index (χ3v) is 8.41. The molecule has 3 aromatic rings. The summed E-state index contributed by atoms with van der Waals surface area (Å²) in [6.45, 7) is 5.29. The number of carbonyl (C=O) groups excluding carboxylic acids is 1. The lowest BCUT2D eigenvalue weighted by Crippen LogP contribution is -2.33. The number of carboxylic acid groups (broad SMARTS) is 1.